The topological polar surface area (TPSA) is 38.0 Å². The molecule has 1 aromatic carbocycles. The Labute approximate surface area is 107 Å². The number of benzene rings is 1. The van der Waals surface area contributed by atoms with Gasteiger partial charge in [-0.3, -0.25) is 0 Å². The molecule has 0 saturated carbocycles. The Kier molecular flexibility index (Phi) is 2.92. The second-order valence-electron chi connectivity index (χ2n) is 5.13. The lowest BCUT2D eigenvalue weighted by molar-refractivity contribution is 0.201. The molecule has 94 valence electrons. The highest BCUT2D eigenvalue weighted by Gasteiger charge is 2.21. The van der Waals surface area contributed by atoms with E-state index in [0.717, 1.165) is 25.2 Å². The number of aryl methyl sites for hydroxylation is 1. The van der Waals surface area contributed by atoms with Gasteiger partial charge in [0.25, 0.3) is 0 Å². The van der Waals surface area contributed by atoms with Crippen LogP contribution in [0.5, 0.6) is 0 Å². The molecule has 3 heteroatoms. The molecule has 0 bridgehead atoms. The van der Waals surface area contributed by atoms with Gasteiger partial charge in [0.1, 0.15) is 5.82 Å². The number of aliphatic hydroxyl groups excluding tert-OH is 1. The van der Waals surface area contributed by atoms with Crippen molar-refractivity contribution in [3.8, 4) is 11.4 Å². The van der Waals surface area contributed by atoms with E-state index < -0.39 is 0 Å². The summed E-state index contributed by atoms with van der Waals surface area (Å²) < 4.78 is 2.29. The van der Waals surface area contributed by atoms with E-state index in [0.29, 0.717) is 5.92 Å². The van der Waals surface area contributed by atoms with Crippen molar-refractivity contribution < 1.29 is 5.11 Å². The Morgan fingerprint density at radius 1 is 1.33 bits per heavy atom. The van der Waals surface area contributed by atoms with Crippen molar-refractivity contribution in [2.45, 2.75) is 26.3 Å². The van der Waals surface area contributed by atoms with Crippen molar-refractivity contribution >= 4 is 0 Å². The molecule has 18 heavy (non-hydrogen) atoms. The van der Waals surface area contributed by atoms with Gasteiger partial charge < -0.3 is 9.67 Å². The first-order chi connectivity index (χ1) is 8.78. The maximum absolute atomic E-state index is 9.24. The first-order valence-corrected chi connectivity index (χ1v) is 6.50. The lowest BCUT2D eigenvalue weighted by Gasteiger charge is -2.23. The molecule has 1 atom stereocenters. The van der Waals surface area contributed by atoms with Crippen LogP contribution in [0.25, 0.3) is 11.4 Å². The molecule has 0 radical (unpaired) electrons. The molecule has 1 aliphatic rings. The third kappa shape index (κ3) is 1.95. The summed E-state index contributed by atoms with van der Waals surface area (Å²) >= 11 is 0. The SMILES string of the molecule is Cc1ccc(-c2ncc3n2CCC(CO)C3)cc1. The zero-order valence-electron chi connectivity index (χ0n) is 10.6. The Balaban J connectivity index is 1.96. The highest BCUT2D eigenvalue weighted by Crippen LogP contribution is 2.27. The maximum Gasteiger partial charge on any atom is 0.140 e. The lowest BCUT2D eigenvalue weighted by atomic mass is 9.97. The van der Waals surface area contributed by atoms with Crippen molar-refractivity contribution in [3.05, 3.63) is 41.7 Å². The number of nitrogens with zero attached hydrogens (tertiary/aromatic N) is 2. The summed E-state index contributed by atoms with van der Waals surface area (Å²) in [7, 11) is 0. The molecule has 2 heterocycles. The molecule has 2 aromatic rings. The minimum atomic E-state index is 0.283. The molecule has 0 saturated heterocycles. The van der Waals surface area contributed by atoms with E-state index in [1.807, 2.05) is 6.20 Å². The summed E-state index contributed by atoms with van der Waals surface area (Å²) in [5, 5.41) is 9.24. The zero-order chi connectivity index (χ0) is 12.5. The zero-order valence-corrected chi connectivity index (χ0v) is 10.6. The highest BCUT2D eigenvalue weighted by molar-refractivity contribution is 5.56. The monoisotopic (exact) mass is 242 g/mol. The van der Waals surface area contributed by atoms with Crippen LogP contribution in [0.15, 0.2) is 30.5 Å². The van der Waals surface area contributed by atoms with E-state index in [1.165, 1.54) is 16.8 Å². The Bertz CT molecular complexity index is 542. The van der Waals surface area contributed by atoms with Gasteiger partial charge in [0, 0.05) is 30.6 Å². The van der Waals surface area contributed by atoms with Gasteiger partial charge in [0.15, 0.2) is 0 Å². The highest BCUT2D eigenvalue weighted by atomic mass is 16.3. The van der Waals surface area contributed by atoms with Gasteiger partial charge in [0.05, 0.1) is 0 Å². The minimum absolute atomic E-state index is 0.283. The van der Waals surface area contributed by atoms with Crippen LogP contribution in [0.4, 0.5) is 0 Å². The van der Waals surface area contributed by atoms with Crippen molar-refractivity contribution in [3.63, 3.8) is 0 Å². The van der Waals surface area contributed by atoms with E-state index in [2.05, 4.69) is 40.7 Å². The summed E-state index contributed by atoms with van der Waals surface area (Å²) in [6.45, 7) is 3.34. The molecule has 0 amide bonds. The molecular formula is C15H18N2O. The fraction of sp³-hybridized carbons (Fsp3) is 0.400. The summed E-state index contributed by atoms with van der Waals surface area (Å²) in [5.41, 5.74) is 3.69. The summed E-state index contributed by atoms with van der Waals surface area (Å²) in [5.74, 6) is 1.46. The second-order valence-corrected chi connectivity index (χ2v) is 5.13. The Morgan fingerprint density at radius 2 is 2.11 bits per heavy atom. The molecular weight excluding hydrogens is 224 g/mol. The summed E-state index contributed by atoms with van der Waals surface area (Å²) in [6.07, 6.45) is 3.94. The van der Waals surface area contributed by atoms with Crippen molar-refractivity contribution in [2.24, 2.45) is 5.92 Å². The predicted octanol–water partition coefficient (Wildman–Crippen LogP) is 2.41. The normalized spacial score (nSPS) is 18.7. The molecule has 1 N–H and O–H groups in total. The number of fused-ring (bicyclic) bond motifs is 1. The second kappa shape index (κ2) is 4.58. The van der Waals surface area contributed by atoms with E-state index >= 15 is 0 Å². The fourth-order valence-electron chi connectivity index (χ4n) is 2.62. The van der Waals surface area contributed by atoms with Gasteiger partial charge >= 0.3 is 0 Å². The fourth-order valence-corrected chi connectivity index (χ4v) is 2.62. The number of aromatic nitrogens is 2. The molecule has 3 nitrogen and oxygen atoms in total. The van der Waals surface area contributed by atoms with E-state index in [-0.39, 0.29) is 6.61 Å². The van der Waals surface area contributed by atoms with Crippen LogP contribution < -0.4 is 0 Å². The lowest BCUT2D eigenvalue weighted by Crippen LogP contribution is -2.21. The van der Waals surface area contributed by atoms with Crippen LogP contribution in [-0.4, -0.2) is 21.3 Å². The molecule has 1 aromatic heterocycles. The van der Waals surface area contributed by atoms with Crippen molar-refractivity contribution in [1.29, 1.82) is 0 Å². The third-order valence-corrected chi connectivity index (χ3v) is 3.76. The van der Waals surface area contributed by atoms with E-state index in [1.54, 1.807) is 0 Å². The maximum atomic E-state index is 9.24. The summed E-state index contributed by atoms with van der Waals surface area (Å²) in [6, 6.07) is 8.50. The van der Waals surface area contributed by atoms with Crippen molar-refractivity contribution in [2.75, 3.05) is 6.61 Å². The van der Waals surface area contributed by atoms with Gasteiger partial charge in [-0.05, 0) is 25.7 Å². The quantitative estimate of drug-likeness (QED) is 0.878. The van der Waals surface area contributed by atoms with Crippen LogP contribution in [0.3, 0.4) is 0 Å². The standard InChI is InChI=1S/C15H18N2O/c1-11-2-4-13(5-3-11)15-16-9-14-8-12(10-18)6-7-17(14)15/h2-5,9,12,18H,6-8,10H2,1H3. The largest absolute Gasteiger partial charge is 0.396 e. The van der Waals surface area contributed by atoms with Crippen molar-refractivity contribution in [1.82, 2.24) is 9.55 Å². The van der Waals surface area contributed by atoms with Gasteiger partial charge in [0.2, 0.25) is 0 Å². The average Bonchev–Trinajstić information content (AvgIpc) is 2.82. The summed E-state index contributed by atoms with van der Waals surface area (Å²) in [4.78, 5) is 4.55. The number of hydrogen-bond acceptors (Lipinski definition) is 2. The number of imidazole rings is 1. The van der Waals surface area contributed by atoms with Crippen LogP contribution >= 0.6 is 0 Å². The number of hydrogen-bond donors (Lipinski definition) is 1. The number of rotatable bonds is 2. The smallest absolute Gasteiger partial charge is 0.140 e. The van der Waals surface area contributed by atoms with Crippen LogP contribution in [-0.2, 0) is 13.0 Å². The van der Waals surface area contributed by atoms with Gasteiger partial charge in [-0.15, -0.1) is 0 Å². The molecule has 1 unspecified atom stereocenters. The minimum Gasteiger partial charge on any atom is -0.396 e. The molecule has 0 fully saturated rings. The van der Waals surface area contributed by atoms with Gasteiger partial charge in [-0.1, -0.05) is 29.8 Å². The predicted molar refractivity (Wildman–Crippen MR) is 71.3 cm³/mol. The molecule has 0 aliphatic carbocycles. The first-order valence-electron chi connectivity index (χ1n) is 6.50. The Hall–Kier alpha value is -1.61. The van der Waals surface area contributed by atoms with Gasteiger partial charge in [-0.25, -0.2) is 4.98 Å². The van der Waals surface area contributed by atoms with Crippen LogP contribution in [0.1, 0.15) is 17.7 Å². The molecule has 0 spiro atoms. The van der Waals surface area contributed by atoms with Crippen LogP contribution in [0, 0.1) is 12.8 Å². The van der Waals surface area contributed by atoms with Crippen LogP contribution in [0.2, 0.25) is 0 Å². The van der Waals surface area contributed by atoms with Gasteiger partial charge in [-0.2, -0.15) is 0 Å². The van der Waals surface area contributed by atoms with E-state index in [4.69, 9.17) is 0 Å². The average molecular weight is 242 g/mol. The Morgan fingerprint density at radius 3 is 2.83 bits per heavy atom. The molecule has 1 aliphatic heterocycles. The number of aliphatic hydroxyl groups is 1. The van der Waals surface area contributed by atoms with E-state index in [9.17, 15) is 5.11 Å². The molecule has 3 rings (SSSR count). The third-order valence-electron chi connectivity index (χ3n) is 3.76. The first kappa shape index (κ1) is 11.5.